The second-order valence-corrected chi connectivity index (χ2v) is 4.25. The molecule has 2 atom stereocenters. The van der Waals surface area contributed by atoms with Gasteiger partial charge in [0.2, 0.25) is 5.91 Å². The van der Waals surface area contributed by atoms with E-state index in [1.807, 2.05) is 12.1 Å². The van der Waals surface area contributed by atoms with Crippen LogP contribution in [0.2, 0.25) is 0 Å². The van der Waals surface area contributed by atoms with Crippen molar-refractivity contribution in [1.29, 1.82) is 0 Å². The average molecular weight is 209 g/mol. The van der Waals surface area contributed by atoms with E-state index in [0.717, 1.165) is 11.3 Å². The summed E-state index contributed by atoms with van der Waals surface area (Å²) in [6, 6.07) is 3.67. The zero-order valence-corrected chi connectivity index (χ0v) is 8.33. The van der Waals surface area contributed by atoms with Crippen molar-refractivity contribution >= 4 is 17.7 Å². The smallest absolute Gasteiger partial charge is 0.235 e. The fourth-order valence-electron chi connectivity index (χ4n) is 1.37. The Morgan fingerprint density at radius 1 is 1.57 bits per heavy atom. The van der Waals surface area contributed by atoms with Crippen LogP contribution in [0, 0.1) is 0 Å². The van der Waals surface area contributed by atoms with Crippen LogP contribution in [0.5, 0.6) is 0 Å². The van der Waals surface area contributed by atoms with Crippen molar-refractivity contribution in [3.05, 3.63) is 30.1 Å². The lowest BCUT2D eigenvalue weighted by atomic mass is 10.2. The van der Waals surface area contributed by atoms with Crippen LogP contribution in [0.1, 0.15) is 10.9 Å². The summed E-state index contributed by atoms with van der Waals surface area (Å²) in [4.78, 5) is 14.9. The third-order valence-electron chi connectivity index (χ3n) is 2.13. The second-order valence-electron chi connectivity index (χ2n) is 3.12. The summed E-state index contributed by atoms with van der Waals surface area (Å²) in [5.74, 6) is 0.455. The van der Waals surface area contributed by atoms with Crippen LogP contribution < -0.4 is 11.1 Å². The molecule has 0 aliphatic carbocycles. The van der Waals surface area contributed by atoms with Gasteiger partial charge in [-0.1, -0.05) is 0 Å². The highest BCUT2D eigenvalue weighted by molar-refractivity contribution is 7.99. The Balaban J connectivity index is 2.06. The van der Waals surface area contributed by atoms with Crippen LogP contribution in [0.15, 0.2) is 24.5 Å². The SMILES string of the molecule is NC(=O)C1CSC(c2ccncc2)N1. The fraction of sp³-hybridized carbons (Fsp3) is 0.333. The number of nitrogens with two attached hydrogens (primary N) is 1. The number of hydrogen-bond acceptors (Lipinski definition) is 4. The minimum atomic E-state index is -0.283. The van der Waals surface area contributed by atoms with Crippen molar-refractivity contribution in [3.8, 4) is 0 Å². The van der Waals surface area contributed by atoms with Gasteiger partial charge >= 0.3 is 0 Å². The van der Waals surface area contributed by atoms with E-state index in [0.29, 0.717) is 0 Å². The molecule has 1 aliphatic heterocycles. The van der Waals surface area contributed by atoms with E-state index in [2.05, 4.69) is 10.3 Å². The van der Waals surface area contributed by atoms with E-state index in [1.54, 1.807) is 24.2 Å². The van der Waals surface area contributed by atoms with Crippen molar-refractivity contribution < 1.29 is 4.79 Å². The van der Waals surface area contributed by atoms with Gasteiger partial charge in [-0.05, 0) is 17.7 Å². The van der Waals surface area contributed by atoms with Crippen LogP contribution in [-0.4, -0.2) is 22.7 Å². The fourth-order valence-corrected chi connectivity index (χ4v) is 2.62. The quantitative estimate of drug-likeness (QED) is 0.733. The Morgan fingerprint density at radius 3 is 2.86 bits per heavy atom. The van der Waals surface area contributed by atoms with Gasteiger partial charge in [-0.25, -0.2) is 0 Å². The lowest BCUT2D eigenvalue weighted by molar-refractivity contribution is -0.119. The normalized spacial score (nSPS) is 26.3. The lowest BCUT2D eigenvalue weighted by Crippen LogP contribution is -2.38. The van der Waals surface area contributed by atoms with Crippen molar-refractivity contribution in [2.24, 2.45) is 5.73 Å². The van der Waals surface area contributed by atoms with Crippen LogP contribution in [0.25, 0.3) is 0 Å². The number of thioether (sulfide) groups is 1. The van der Waals surface area contributed by atoms with Crippen LogP contribution >= 0.6 is 11.8 Å². The van der Waals surface area contributed by atoms with Gasteiger partial charge in [-0.2, -0.15) is 0 Å². The summed E-state index contributed by atoms with van der Waals surface area (Å²) >= 11 is 1.69. The molecule has 74 valence electrons. The molecule has 0 bridgehead atoms. The Kier molecular flexibility index (Phi) is 2.69. The van der Waals surface area contributed by atoms with Gasteiger partial charge < -0.3 is 5.73 Å². The Morgan fingerprint density at radius 2 is 2.29 bits per heavy atom. The molecule has 3 N–H and O–H groups in total. The summed E-state index contributed by atoms with van der Waals surface area (Å²) in [5.41, 5.74) is 6.34. The molecule has 0 spiro atoms. The molecule has 5 heteroatoms. The molecule has 2 heterocycles. The molecule has 1 aromatic heterocycles. The summed E-state index contributed by atoms with van der Waals surface area (Å²) < 4.78 is 0. The first-order chi connectivity index (χ1) is 6.77. The van der Waals surface area contributed by atoms with Gasteiger partial charge in [0.15, 0.2) is 0 Å². The molecule has 1 aliphatic rings. The molecule has 0 aromatic carbocycles. The van der Waals surface area contributed by atoms with Gasteiger partial charge in [0.1, 0.15) is 0 Å². The van der Waals surface area contributed by atoms with Crippen LogP contribution in [0.4, 0.5) is 0 Å². The first-order valence-corrected chi connectivity index (χ1v) is 5.39. The highest BCUT2D eigenvalue weighted by Crippen LogP contribution is 2.31. The number of rotatable bonds is 2. The molecular formula is C9H11N3OS. The van der Waals surface area contributed by atoms with Gasteiger partial charge in [0, 0.05) is 18.1 Å². The molecule has 1 fully saturated rings. The molecule has 0 saturated carbocycles. The third-order valence-corrected chi connectivity index (χ3v) is 3.40. The highest BCUT2D eigenvalue weighted by Gasteiger charge is 2.28. The third kappa shape index (κ3) is 1.88. The predicted octanol–water partition coefficient (Wildman–Crippen LogP) is 0.270. The lowest BCUT2D eigenvalue weighted by Gasteiger charge is -2.10. The number of nitrogens with one attached hydrogen (secondary N) is 1. The molecule has 14 heavy (non-hydrogen) atoms. The summed E-state index contributed by atoms with van der Waals surface area (Å²) in [7, 11) is 0. The first kappa shape index (κ1) is 9.48. The second kappa shape index (κ2) is 3.98. The number of pyridine rings is 1. The van der Waals surface area contributed by atoms with Crippen molar-refractivity contribution in [2.75, 3.05) is 5.75 Å². The first-order valence-electron chi connectivity index (χ1n) is 4.34. The molecule has 0 radical (unpaired) electrons. The van der Waals surface area contributed by atoms with E-state index < -0.39 is 0 Å². The van der Waals surface area contributed by atoms with Crippen molar-refractivity contribution in [1.82, 2.24) is 10.3 Å². The van der Waals surface area contributed by atoms with Gasteiger partial charge in [-0.3, -0.25) is 15.1 Å². The monoisotopic (exact) mass is 209 g/mol. The van der Waals surface area contributed by atoms with E-state index in [9.17, 15) is 4.79 Å². The average Bonchev–Trinajstić information content (AvgIpc) is 2.68. The summed E-state index contributed by atoms with van der Waals surface area (Å²) in [6.45, 7) is 0. The maximum atomic E-state index is 10.9. The molecule has 1 amide bonds. The largest absolute Gasteiger partial charge is 0.368 e. The topological polar surface area (TPSA) is 68.0 Å². The zero-order chi connectivity index (χ0) is 9.97. The van der Waals surface area contributed by atoms with E-state index in [1.165, 1.54) is 0 Å². The Hall–Kier alpha value is -1.07. The van der Waals surface area contributed by atoms with Gasteiger partial charge in [0.05, 0.1) is 11.4 Å². The molecule has 1 saturated heterocycles. The van der Waals surface area contributed by atoms with Crippen molar-refractivity contribution in [2.45, 2.75) is 11.4 Å². The molecule has 2 rings (SSSR count). The number of amides is 1. The standard InChI is InChI=1S/C9H11N3OS/c10-8(13)7-5-14-9(12-7)6-1-3-11-4-2-6/h1-4,7,9,12H,5H2,(H2,10,13). The molecule has 1 aromatic rings. The Bertz CT molecular complexity index is 330. The van der Waals surface area contributed by atoms with Gasteiger partial charge in [-0.15, -0.1) is 11.8 Å². The molecule has 4 nitrogen and oxygen atoms in total. The van der Waals surface area contributed by atoms with E-state index >= 15 is 0 Å². The molecular weight excluding hydrogens is 198 g/mol. The number of carbonyl (C=O) groups excluding carboxylic acids is 1. The number of aromatic nitrogens is 1. The minimum Gasteiger partial charge on any atom is -0.368 e. The number of primary amides is 1. The van der Waals surface area contributed by atoms with E-state index in [4.69, 9.17) is 5.73 Å². The maximum Gasteiger partial charge on any atom is 0.235 e. The number of carbonyl (C=O) groups is 1. The van der Waals surface area contributed by atoms with Gasteiger partial charge in [0.25, 0.3) is 0 Å². The molecule has 2 unspecified atom stereocenters. The van der Waals surface area contributed by atoms with Crippen molar-refractivity contribution in [3.63, 3.8) is 0 Å². The van der Waals surface area contributed by atoms with E-state index in [-0.39, 0.29) is 17.3 Å². The summed E-state index contributed by atoms with van der Waals surface area (Å²) in [6.07, 6.45) is 3.49. The van der Waals surface area contributed by atoms with Crippen LogP contribution in [0.3, 0.4) is 0 Å². The minimum absolute atomic E-state index is 0.162. The maximum absolute atomic E-state index is 10.9. The number of hydrogen-bond donors (Lipinski definition) is 2. The number of nitrogens with zero attached hydrogens (tertiary/aromatic N) is 1. The van der Waals surface area contributed by atoms with Crippen LogP contribution in [-0.2, 0) is 4.79 Å². The predicted molar refractivity (Wildman–Crippen MR) is 55.6 cm³/mol. The highest BCUT2D eigenvalue weighted by atomic mass is 32.2. The Labute approximate surface area is 86.3 Å². The zero-order valence-electron chi connectivity index (χ0n) is 7.51. The summed E-state index contributed by atoms with van der Waals surface area (Å²) in [5, 5.41) is 3.33.